The van der Waals surface area contributed by atoms with E-state index in [1.54, 1.807) is 11.3 Å². The first kappa shape index (κ1) is 33.0. The predicted molar refractivity (Wildman–Crippen MR) is 238 cm³/mol. The third-order valence-corrected chi connectivity index (χ3v) is 12.0. The summed E-state index contributed by atoms with van der Waals surface area (Å²) in [4.78, 5) is 19.7. The lowest BCUT2D eigenvalue weighted by Crippen LogP contribution is -1.95. The van der Waals surface area contributed by atoms with E-state index in [4.69, 9.17) is 9.97 Å². The number of benzene rings is 7. The van der Waals surface area contributed by atoms with Crippen molar-refractivity contribution in [1.29, 1.82) is 0 Å². The van der Waals surface area contributed by atoms with Gasteiger partial charge in [-0.2, -0.15) is 0 Å². The van der Waals surface area contributed by atoms with Gasteiger partial charge in [-0.25, -0.2) is 9.97 Å². The van der Waals surface area contributed by atoms with E-state index < -0.39 is 0 Å². The lowest BCUT2D eigenvalue weighted by molar-refractivity contribution is 1.24. The molecule has 4 nitrogen and oxygen atoms in total. The summed E-state index contributed by atoms with van der Waals surface area (Å²) in [6.45, 7) is 0. The fourth-order valence-electron chi connectivity index (χ4n) is 8.25. The summed E-state index contributed by atoms with van der Waals surface area (Å²) >= 11 is 1.75. The minimum absolute atomic E-state index is 0.695. The quantitative estimate of drug-likeness (QED) is 0.170. The zero-order chi connectivity index (χ0) is 37.7. The van der Waals surface area contributed by atoms with Crippen molar-refractivity contribution >= 4 is 53.2 Å². The molecule has 266 valence electrons. The fourth-order valence-corrected chi connectivity index (χ4v) is 9.40. The van der Waals surface area contributed by atoms with Crippen LogP contribution in [-0.2, 0) is 0 Å². The number of thiophene rings is 1. The molecule has 4 aromatic heterocycles. The summed E-state index contributed by atoms with van der Waals surface area (Å²) in [6, 6.07) is 60.5. The van der Waals surface area contributed by atoms with Crippen LogP contribution >= 0.6 is 11.3 Å². The number of nitrogens with zero attached hydrogens (tertiary/aromatic N) is 4. The molecule has 0 fully saturated rings. The minimum atomic E-state index is 0.695. The predicted octanol–water partition coefficient (Wildman–Crippen LogP) is 13.9. The first-order valence-electron chi connectivity index (χ1n) is 19.0. The van der Waals surface area contributed by atoms with Gasteiger partial charge < -0.3 is 0 Å². The molecule has 0 aliphatic carbocycles. The van der Waals surface area contributed by atoms with Gasteiger partial charge in [0.2, 0.25) is 0 Å². The Kier molecular flexibility index (Phi) is 7.97. The van der Waals surface area contributed by atoms with E-state index in [0.29, 0.717) is 5.82 Å². The first-order chi connectivity index (χ1) is 28.3. The normalized spacial score (nSPS) is 11.5. The summed E-state index contributed by atoms with van der Waals surface area (Å²) in [6.07, 6.45) is 7.52. The van der Waals surface area contributed by atoms with Gasteiger partial charge in [0.05, 0.1) is 15.9 Å². The molecule has 7 aromatic carbocycles. The zero-order valence-corrected chi connectivity index (χ0v) is 31.5. The van der Waals surface area contributed by atoms with Crippen LogP contribution in [0.15, 0.2) is 195 Å². The number of hydrogen-bond donors (Lipinski definition) is 0. The molecule has 11 aromatic rings. The molecule has 0 N–H and O–H groups in total. The van der Waals surface area contributed by atoms with E-state index in [1.807, 2.05) is 36.9 Å². The van der Waals surface area contributed by atoms with Crippen molar-refractivity contribution in [2.45, 2.75) is 0 Å². The van der Waals surface area contributed by atoms with Crippen molar-refractivity contribution in [2.24, 2.45) is 0 Å². The fraction of sp³-hybridized carbons (Fsp3) is 0. The molecule has 5 heteroatoms. The van der Waals surface area contributed by atoms with E-state index in [-0.39, 0.29) is 0 Å². The van der Waals surface area contributed by atoms with Crippen LogP contribution in [0.5, 0.6) is 0 Å². The highest BCUT2D eigenvalue weighted by Crippen LogP contribution is 2.43. The second-order valence-electron chi connectivity index (χ2n) is 14.2. The molecule has 57 heavy (non-hydrogen) atoms. The average molecular weight is 745 g/mol. The van der Waals surface area contributed by atoms with Gasteiger partial charge in [-0.05, 0) is 91.3 Å². The maximum absolute atomic E-state index is 5.42. The molecule has 0 atom stereocenters. The Morgan fingerprint density at radius 3 is 1.37 bits per heavy atom. The van der Waals surface area contributed by atoms with Crippen molar-refractivity contribution in [1.82, 2.24) is 19.9 Å². The molecule has 0 aliphatic rings. The third-order valence-electron chi connectivity index (χ3n) is 10.9. The molecule has 0 saturated carbocycles. The molecule has 0 bridgehead atoms. The van der Waals surface area contributed by atoms with Crippen molar-refractivity contribution in [3.05, 3.63) is 195 Å². The standard InChI is InChI=1S/C52H32N4S/c1-2-12-33(13-3-1)49-51-50(47-16-4-5-25-48(47)57-51)56-52(55-49)38-29-36(41-19-8-21-43-39(17-6-23-45(41)43)34-14-10-26-53-31-34)28-37(30-38)42-20-9-22-44-40(18-7-24-46(42)44)35-15-11-27-54-32-35/h1-32H. The second-order valence-corrected chi connectivity index (χ2v) is 15.3. The van der Waals surface area contributed by atoms with Crippen molar-refractivity contribution in [2.75, 3.05) is 0 Å². The number of pyridine rings is 2. The number of hydrogen-bond acceptors (Lipinski definition) is 5. The van der Waals surface area contributed by atoms with Gasteiger partial charge in [0.25, 0.3) is 0 Å². The molecule has 0 unspecified atom stereocenters. The van der Waals surface area contributed by atoms with Crippen LogP contribution in [0.3, 0.4) is 0 Å². The second kappa shape index (κ2) is 13.7. The Balaban J connectivity index is 1.20. The van der Waals surface area contributed by atoms with Crippen molar-refractivity contribution in [3.63, 3.8) is 0 Å². The van der Waals surface area contributed by atoms with Crippen LogP contribution in [-0.4, -0.2) is 19.9 Å². The highest BCUT2D eigenvalue weighted by molar-refractivity contribution is 7.26. The van der Waals surface area contributed by atoms with E-state index in [0.717, 1.165) is 76.9 Å². The Morgan fingerprint density at radius 1 is 0.351 bits per heavy atom. The smallest absolute Gasteiger partial charge is 0.160 e. The molecule has 0 spiro atoms. The monoisotopic (exact) mass is 744 g/mol. The Hall–Kier alpha value is -7.34. The summed E-state index contributed by atoms with van der Waals surface area (Å²) in [7, 11) is 0. The van der Waals surface area contributed by atoms with Crippen LogP contribution in [0.2, 0.25) is 0 Å². The molecule has 0 amide bonds. The van der Waals surface area contributed by atoms with E-state index in [2.05, 4.69) is 168 Å². The number of aromatic nitrogens is 4. The van der Waals surface area contributed by atoms with Gasteiger partial charge in [0, 0.05) is 57.1 Å². The maximum Gasteiger partial charge on any atom is 0.160 e. The van der Waals surface area contributed by atoms with Crippen LogP contribution in [0.4, 0.5) is 0 Å². The minimum Gasteiger partial charge on any atom is -0.264 e. The van der Waals surface area contributed by atoms with Crippen LogP contribution in [0, 0.1) is 0 Å². The maximum atomic E-state index is 5.42. The van der Waals surface area contributed by atoms with Gasteiger partial charge >= 0.3 is 0 Å². The summed E-state index contributed by atoms with van der Waals surface area (Å²) in [5, 5.41) is 5.83. The molecule has 11 rings (SSSR count). The van der Waals surface area contributed by atoms with E-state index in [1.165, 1.54) is 26.2 Å². The summed E-state index contributed by atoms with van der Waals surface area (Å²) < 4.78 is 2.29. The van der Waals surface area contributed by atoms with Gasteiger partial charge in [-0.3, -0.25) is 9.97 Å². The Morgan fingerprint density at radius 2 is 0.825 bits per heavy atom. The van der Waals surface area contributed by atoms with E-state index in [9.17, 15) is 0 Å². The largest absolute Gasteiger partial charge is 0.264 e. The lowest BCUT2D eigenvalue weighted by Gasteiger charge is -2.16. The SMILES string of the molecule is c1ccc(-c2nc(-c3cc(-c4cccc5c(-c6cccnc6)cccc45)cc(-c4cccc5c(-c6cccnc6)cccc45)c3)nc3c2sc2ccccc23)cc1. The van der Waals surface area contributed by atoms with Gasteiger partial charge in [-0.15, -0.1) is 11.3 Å². The summed E-state index contributed by atoms with van der Waals surface area (Å²) in [5.74, 6) is 0.695. The molecular weight excluding hydrogens is 713 g/mol. The Bertz CT molecular complexity index is 3140. The topological polar surface area (TPSA) is 51.6 Å². The lowest BCUT2D eigenvalue weighted by atomic mass is 9.89. The van der Waals surface area contributed by atoms with Crippen molar-refractivity contribution in [3.8, 4) is 67.2 Å². The molecule has 4 heterocycles. The van der Waals surface area contributed by atoms with Crippen LogP contribution in [0.1, 0.15) is 0 Å². The Labute approximate surface area is 333 Å². The molecule has 0 saturated heterocycles. The first-order valence-corrected chi connectivity index (χ1v) is 19.8. The van der Waals surface area contributed by atoms with Crippen LogP contribution in [0.25, 0.3) is 109 Å². The van der Waals surface area contributed by atoms with Gasteiger partial charge in [0.1, 0.15) is 0 Å². The number of rotatable bonds is 6. The summed E-state index contributed by atoms with van der Waals surface area (Å²) in [5.41, 5.74) is 12.9. The molecular formula is C52H32N4S. The number of fused-ring (bicyclic) bond motifs is 5. The van der Waals surface area contributed by atoms with Gasteiger partial charge in [-0.1, -0.05) is 133 Å². The molecule has 0 radical (unpaired) electrons. The highest BCUT2D eigenvalue weighted by Gasteiger charge is 2.19. The third kappa shape index (κ3) is 5.76. The van der Waals surface area contributed by atoms with Gasteiger partial charge in [0.15, 0.2) is 5.82 Å². The highest BCUT2D eigenvalue weighted by atomic mass is 32.1. The van der Waals surface area contributed by atoms with Crippen molar-refractivity contribution < 1.29 is 0 Å². The van der Waals surface area contributed by atoms with Crippen LogP contribution < -0.4 is 0 Å². The zero-order valence-electron chi connectivity index (χ0n) is 30.7. The molecule has 0 aliphatic heterocycles. The average Bonchev–Trinajstić information content (AvgIpc) is 3.67. The van der Waals surface area contributed by atoms with E-state index >= 15 is 0 Å².